The average molecular weight is 505 g/mol. The topological polar surface area (TPSA) is 269 Å². The average Bonchev–Trinajstić information content (AvgIpc) is 3.09. The van der Waals surface area contributed by atoms with Crippen LogP contribution in [0.4, 0.5) is 0 Å². The van der Waals surface area contributed by atoms with Gasteiger partial charge < -0.3 is 79.9 Å². The summed E-state index contributed by atoms with van der Waals surface area (Å²) in [6.07, 6.45) is -21.8. The zero-order valence-corrected chi connectivity index (χ0v) is 17.8. The Kier molecular flexibility index (Phi) is 8.69. The first-order chi connectivity index (χ1) is 16.5. The fourth-order valence-corrected chi connectivity index (χ4v) is 4.00. The Labute approximate surface area is 194 Å². The van der Waals surface area contributed by atoms with Crippen molar-refractivity contribution in [2.45, 2.75) is 85.5 Å². The van der Waals surface area contributed by atoms with Gasteiger partial charge in [0, 0.05) is 0 Å². The summed E-state index contributed by atoms with van der Waals surface area (Å²) in [5, 5.41) is 104. The molecule has 200 valence electrons. The fourth-order valence-electron chi connectivity index (χ4n) is 4.00. The van der Waals surface area contributed by atoms with Gasteiger partial charge in [0.25, 0.3) is 0 Å². The SMILES string of the molecule is [2H]OC[C@H]1OC(OC[C@H]2OC(O[C@]3(CO)O[C@H](CO)[C@@H](O)[C@@H]3O)[C@H](O)[C@@H](O)[C@@H]2O)[C@H](O)[C@@H](O)[C@H]1O. The molecule has 34 heavy (non-hydrogen) atoms. The summed E-state index contributed by atoms with van der Waals surface area (Å²) < 4.78 is 33.4. The molecular formula is C18H32O16. The molecule has 14 atom stereocenters. The molecule has 3 rings (SSSR count). The molecule has 2 unspecified atom stereocenters. The third-order valence-corrected chi connectivity index (χ3v) is 6.15. The van der Waals surface area contributed by atoms with Crippen LogP contribution < -0.4 is 0 Å². The van der Waals surface area contributed by atoms with E-state index < -0.39 is 112 Å². The Morgan fingerprint density at radius 1 is 0.676 bits per heavy atom. The molecule has 0 aromatic heterocycles. The highest BCUT2D eigenvalue weighted by Crippen LogP contribution is 2.36. The monoisotopic (exact) mass is 505 g/mol. The number of rotatable bonds is 9. The van der Waals surface area contributed by atoms with Crippen molar-refractivity contribution in [1.29, 1.82) is 1.43 Å². The summed E-state index contributed by atoms with van der Waals surface area (Å²) in [5.74, 6) is -2.36. The molecule has 3 saturated heterocycles. The van der Waals surface area contributed by atoms with Gasteiger partial charge in [-0.3, -0.25) is 0 Å². The fraction of sp³-hybridized carbons (Fsp3) is 1.00. The van der Waals surface area contributed by atoms with E-state index in [4.69, 9.17) is 25.1 Å². The lowest BCUT2D eigenvalue weighted by Gasteiger charge is -2.44. The molecule has 3 aliphatic rings. The lowest BCUT2D eigenvalue weighted by atomic mass is 9.98. The van der Waals surface area contributed by atoms with Gasteiger partial charge in [0.2, 0.25) is 7.22 Å². The van der Waals surface area contributed by atoms with E-state index in [1.165, 1.54) is 0 Å². The maximum atomic E-state index is 10.3. The summed E-state index contributed by atoms with van der Waals surface area (Å²) in [5.41, 5.74) is 0. The van der Waals surface area contributed by atoms with Crippen molar-refractivity contribution in [3.05, 3.63) is 0 Å². The highest BCUT2D eigenvalue weighted by molar-refractivity contribution is 4.98. The molecule has 0 spiro atoms. The van der Waals surface area contributed by atoms with Gasteiger partial charge in [-0.2, -0.15) is 0 Å². The molecule has 0 aromatic rings. The lowest BCUT2D eigenvalue weighted by molar-refractivity contribution is -0.388. The second-order valence-electron chi connectivity index (χ2n) is 8.39. The minimum absolute atomic E-state index is 0.472. The number of aliphatic hydroxyl groups excluding tert-OH is 11. The number of hydrogen-bond acceptors (Lipinski definition) is 16. The standard InChI is InChI=1S/C18H32O16/c19-1-5-8(22)11(25)13(27)16(31-5)30-3-7-9(23)12(26)14(28)17(32-7)34-18(4-21)15(29)10(24)6(2-20)33-18/h5-17,19-29H,1-4H2/t5-,6-,7-,8+,9-,10-,11+,12+,13-,14-,15+,16?,17?,18+/m1/s1/i19D. The van der Waals surface area contributed by atoms with Gasteiger partial charge in [-0.25, -0.2) is 0 Å². The largest absolute Gasteiger partial charge is 0.394 e. The molecular weight excluding hydrogens is 472 g/mol. The molecule has 3 aliphatic heterocycles. The van der Waals surface area contributed by atoms with E-state index >= 15 is 0 Å². The Bertz CT molecular complexity index is 676. The predicted molar refractivity (Wildman–Crippen MR) is 101 cm³/mol. The maximum Gasteiger partial charge on any atom is 0.224 e. The molecule has 3 fully saturated rings. The van der Waals surface area contributed by atoms with Crippen LogP contribution in [0.5, 0.6) is 0 Å². The van der Waals surface area contributed by atoms with Crippen LogP contribution in [0.15, 0.2) is 0 Å². The van der Waals surface area contributed by atoms with Gasteiger partial charge in [0.1, 0.15) is 73.8 Å². The van der Waals surface area contributed by atoms with E-state index in [9.17, 15) is 51.1 Å². The summed E-state index contributed by atoms with van der Waals surface area (Å²) in [4.78, 5) is 0. The summed E-state index contributed by atoms with van der Waals surface area (Å²) in [7, 11) is 0. The predicted octanol–water partition coefficient (Wildman–Crippen LogP) is -7.57. The van der Waals surface area contributed by atoms with E-state index in [-0.39, 0.29) is 0 Å². The maximum absolute atomic E-state index is 10.3. The third-order valence-electron chi connectivity index (χ3n) is 6.15. The molecule has 0 aliphatic carbocycles. The Morgan fingerprint density at radius 3 is 1.82 bits per heavy atom. The van der Waals surface area contributed by atoms with Gasteiger partial charge in [-0.1, -0.05) is 0 Å². The molecule has 0 radical (unpaired) electrons. The molecule has 0 saturated carbocycles. The van der Waals surface area contributed by atoms with Crippen LogP contribution in [0.1, 0.15) is 0 Å². The number of aliphatic hydroxyl groups is 11. The Morgan fingerprint density at radius 2 is 1.26 bits per heavy atom. The van der Waals surface area contributed by atoms with Crippen LogP contribution >= 0.6 is 0 Å². The summed E-state index contributed by atoms with van der Waals surface area (Å²) >= 11 is 0. The van der Waals surface area contributed by atoms with E-state index in [2.05, 4.69) is 5.11 Å². The lowest BCUT2D eigenvalue weighted by Crippen LogP contribution is -2.63. The molecule has 16 heteroatoms. The van der Waals surface area contributed by atoms with Crippen LogP contribution in [0.2, 0.25) is 0 Å². The van der Waals surface area contributed by atoms with Crippen molar-refractivity contribution in [3.8, 4) is 0 Å². The zero-order valence-electron chi connectivity index (χ0n) is 18.8. The third kappa shape index (κ3) is 5.09. The van der Waals surface area contributed by atoms with Crippen molar-refractivity contribution >= 4 is 0 Å². The van der Waals surface area contributed by atoms with Gasteiger partial charge in [-0.05, 0) is 0 Å². The minimum atomic E-state index is -2.36. The van der Waals surface area contributed by atoms with E-state index in [1.807, 2.05) is 0 Å². The summed E-state index contributed by atoms with van der Waals surface area (Å²) in [6, 6.07) is 0. The molecule has 3 heterocycles. The molecule has 0 amide bonds. The Hall–Kier alpha value is -0.640. The molecule has 11 N–H and O–H groups in total. The van der Waals surface area contributed by atoms with Gasteiger partial charge >= 0.3 is 0 Å². The van der Waals surface area contributed by atoms with E-state index in [1.54, 1.807) is 0 Å². The molecule has 0 aromatic carbocycles. The highest BCUT2D eigenvalue weighted by atomic mass is 16.8. The van der Waals surface area contributed by atoms with Gasteiger partial charge in [0.15, 0.2) is 12.6 Å². The van der Waals surface area contributed by atoms with Crippen molar-refractivity contribution in [1.82, 2.24) is 0 Å². The number of ether oxygens (including phenoxy) is 5. The quantitative estimate of drug-likeness (QED) is 0.139. The van der Waals surface area contributed by atoms with E-state index in [0.717, 1.165) is 0 Å². The smallest absolute Gasteiger partial charge is 0.224 e. The minimum Gasteiger partial charge on any atom is -0.394 e. The second kappa shape index (κ2) is 11.2. The first-order valence-electron chi connectivity index (χ1n) is 10.9. The van der Waals surface area contributed by atoms with Gasteiger partial charge in [-0.15, -0.1) is 0 Å². The number of hydrogen-bond donors (Lipinski definition) is 11. The van der Waals surface area contributed by atoms with Crippen molar-refractivity contribution in [2.24, 2.45) is 0 Å². The first-order valence-corrected chi connectivity index (χ1v) is 10.5. The van der Waals surface area contributed by atoms with Crippen molar-refractivity contribution in [3.63, 3.8) is 0 Å². The van der Waals surface area contributed by atoms with Crippen LogP contribution in [0.25, 0.3) is 0 Å². The van der Waals surface area contributed by atoms with Crippen LogP contribution in [0.3, 0.4) is 0 Å². The van der Waals surface area contributed by atoms with Crippen molar-refractivity contribution in [2.75, 3.05) is 26.4 Å². The molecule has 0 bridgehead atoms. The second-order valence-corrected chi connectivity index (χ2v) is 8.39. The first kappa shape index (κ1) is 26.4. The van der Waals surface area contributed by atoms with E-state index in [0.29, 0.717) is 0 Å². The zero-order chi connectivity index (χ0) is 26.1. The van der Waals surface area contributed by atoms with Crippen LogP contribution in [-0.4, -0.2) is 170 Å². The van der Waals surface area contributed by atoms with Crippen LogP contribution in [-0.2, 0) is 23.7 Å². The van der Waals surface area contributed by atoms with Gasteiger partial charge in [0.05, 0.1) is 19.8 Å². The Balaban J connectivity index is 1.69. The molecule has 16 nitrogen and oxygen atoms in total. The highest BCUT2D eigenvalue weighted by Gasteiger charge is 2.58. The summed E-state index contributed by atoms with van der Waals surface area (Å²) in [6.45, 7) is -2.91. The van der Waals surface area contributed by atoms with Crippen LogP contribution in [0, 0.1) is 0 Å². The normalized spacial score (nSPS) is 52.5. The van der Waals surface area contributed by atoms with Crippen molar-refractivity contribution < 1.29 is 79.9 Å².